The van der Waals surface area contributed by atoms with Gasteiger partial charge in [0.15, 0.2) is 0 Å². The second-order valence-electron chi connectivity index (χ2n) is 6.83. The van der Waals surface area contributed by atoms with Crippen molar-refractivity contribution in [2.45, 2.75) is 12.5 Å². The van der Waals surface area contributed by atoms with Crippen molar-refractivity contribution in [2.75, 3.05) is 18.4 Å². The van der Waals surface area contributed by atoms with Gasteiger partial charge in [0, 0.05) is 22.0 Å². The fourth-order valence-corrected chi connectivity index (χ4v) is 5.59. The molecule has 6 nitrogen and oxygen atoms in total. The van der Waals surface area contributed by atoms with E-state index in [1.54, 1.807) is 40.9 Å². The highest BCUT2D eigenvalue weighted by molar-refractivity contribution is 7.10. The molecule has 1 atom stereocenters. The van der Waals surface area contributed by atoms with Crippen LogP contribution in [0.15, 0.2) is 52.0 Å². The summed E-state index contributed by atoms with van der Waals surface area (Å²) in [6, 6.07) is 11.9. The van der Waals surface area contributed by atoms with E-state index in [-0.39, 0.29) is 17.6 Å². The third-order valence-corrected chi connectivity index (χ3v) is 6.95. The molecule has 0 saturated heterocycles. The zero-order valence-electron chi connectivity index (χ0n) is 14.9. The van der Waals surface area contributed by atoms with Crippen molar-refractivity contribution in [1.29, 1.82) is 0 Å². The van der Waals surface area contributed by atoms with Gasteiger partial charge < -0.3 is 15.3 Å². The molecule has 1 aliphatic heterocycles. The second kappa shape index (κ2) is 7.05. The molecule has 0 saturated carbocycles. The molecule has 1 unspecified atom stereocenters. The van der Waals surface area contributed by atoms with E-state index in [0.717, 1.165) is 18.5 Å². The zero-order chi connectivity index (χ0) is 19.1. The van der Waals surface area contributed by atoms with E-state index in [4.69, 9.17) is 0 Å². The van der Waals surface area contributed by atoms with E-state index in [0.29, 0.717) is 17.7 Å². The molecule has 0 spiro atoms. The summed E-state index contributed by atoms with van der Waals surface area (Å²) in [5.74, 6) is -0.0579. The quantitative estimate of drug-likeness (QED) is 0.481. The number of carbonyl (C=O) groups excluding carboxylic acids is 1. The number of aromatic amines is 2. The van der Waals surface area contributed by atoms with Crippen LogP contribution >= 0.6 is 22.7 Å². The van der Waals surface area contributed by atoms with Crippen molar-refractivity contribution in [3.8, 4) is 0 Å². The number of amides is 1. The number of carbonyl (C=O) groups is 1. The maximum absolute atomic E-state index is 12.8. The lowest BCUT2D eigenvalue weighted by Gasteiger charge is -2.34. The molecule has 3 aromatic heterocycles. The normalized spacial score (nSPS) is 16.9. The lowest BCUT2D eigenvalue weighted by Crippen LogP contribution is -2.40. The summed E-state index contributed by atoms with van der Waals surface area (Å²) in [5.41, 5.74) is 3.14. The Morgan fingerprint density at radius 1 is 1.14 bits per heavy atom. The van der Waals surface area contributed by atoms with Gasteiger partial charge in [-0.1, -0.05) is 6.07 Å². The SMILES string of the molecule is O=C(CN1CCc2sccc2C1c1cccs1)Nc1ccc2[nH]c(=O)[nH]c2c1. The summed E-state index contributed by atoms with van der Waals surface area (Å²) in [7, 11) is 0. The standard InChI is InChI=1S/C20H18N4O2S2/c25-18(21-12-3-4-14-15(10-12)23-20(26)22-14)11-24-7-5-16-13(6-9-28-16)19(24)17-2-1-8-27-17/h1-4,6,8-10,19H,5,7,11H2,(H,21,25)(H2,22,23,26). The summed E-state index contributed by atoms with van der Waals surface area (Å²) in [6.07, 6.45) is 0.971. The van der Waals surface area contributed by atoms with Crippen LogP contribution < -0.4 is 11.0 Å². The Labute approximate surface area is 168 Å². The number of nitrogens with zero attached hydrogens (tertiary/aromatic N) is 1. The van der Waals surface area contributed by atoms with Crippen molar-refractivity contribution in [2.24, 2.45) is 0 Å². The van der Waals surface area contributed by atoms with Crippen LogP contribution in [0.4, 0.5) is 5.69 Å². The molecule has 28 heavy (non-hydrogen) atoms. The maximum atomic E-state index is 12.8. The predicted octanol–water partition coefficient (Wildman–Crippen LogP) is 3.57. The number of H-pyrrole nitrogens is 2. The molecule has 1 aliphatic rings. The third kappa shape index (κ3) is 3.19. The largest absolute Gasteiger partial charge is 0.325 e. The molecule has 1 aromatic carbocycles. The first-order valence-electron chi connectivity index (χ1n) is 9.03. The molecular weight excluding hydrogens is 392 g/mol. The fraction of sp³-hybridized carbons (Fsp3) is 0.200. The van der Waals surface area contributed by atoms with Crippen LogP contribution in [0.1, 0.15) is 21.4 Å². The molecule has 0 aliphatic carbocycles. The summed E-state index contributed by atoms with van der Waals surface area (Å²) in [5, 5.41) is 7.19. The molecule has 4 heterocycles. The minimum atomic E-state index is -0.253. The molecule has 0 fully saturated rings. The van der Waals surface area contributed by atoms with E-state index >= 15 is 0 Å². The van der Waals surface area contributed by atoms with Crippen LogP contribution in [0.25, 0.3) is 11.0 Å². The minimum absolute atomic E-state index is 0.0579. The van der Waals surface area contributed by atoms with Crippen molar-refractivity contribution < 1.29 is 4.79 Å². The van der Waals surface area contributed by atoms with E-state index in [9.17, 15) is 9.59 Å². The van der Waals surface area contributed by atoms with Crippen molar-refractivity contribution in [1.82, 2.24) is 14.9 Å². The average molecular weight is 411 g/mol. The molecule has 0 radical (unpaired) electrons. The Morgan fingerprint density at radius 3 is 2.89 bits per heavy atom. The monoisotopic (exact) mass is 410 g/mol. The smallest absolute Gasteiger partial charge is 0.323 e. The lowest BCUT2D eigenvalue weighted by atomic mass is 9.98. The zero-order valence-corrected chi connectivity index (χ0v) is 16.5. The Morgan fingerprint density at radius 2 is 2.04 bits per heavy atom. The molecule has 3 N–H and O–H groups in total. The van der Waals surface area contributed by atoms with E-state index in [1.165, 1.54) is 15.3 Å². The van der Waals surface area contributed by atoms with Crippen molar-refractivity contribution in [3.63, 3.8) is 0 Å². The van der Waals surface area contributed by atoms with Crippen molar-refractivity contribution >= 4 is 45.3 Å². The highest BCUT2D eigenvalue weighted by atomic mass is 32.1. The molecule has 1 amide bonds. The Balaban J connectivity index is 1.36. The first-order chi connectivity index (χ1) is 13.7. The molecule has 142 valence electrons. The molecule has 4 aromatic rings. The molecule has 5 rings (SSSR count). The Bertz CT molecular complexity index is 1190. The Hall–Kier alpha value is -2.68. The van der Waals surface area contributed by atoms with E-state index < -0.39 is 0 Å². The molecule has 8 heteroatoms. The van der Waals surface area contributed by atoms with Crippen LogP contribution in [0.2, 0.25) is 0 Å². The van der Waals surface area contributed by atoms with Gasteiger partial charge in [0.05, 0.1) is 23.6 Å². The summed E-state index contributed by atoms with van der Waals surface area (Å²) in [6.45, 7) is 1.17. The number of fused-ring (bicyclic) bond motifs is 2. The van der Waals surface area contributed by atoms with E-state index in [2.05, 4.69) is 49.1 Å². The number of hydrogen-bond donors (Lipinski definition) is 3. The van der Waals surface area contributed by atoms with Gasteiger partial charge in [-0.2, -0.15) is 0 Å². The number of thiophene rings is 2. The topological polar surface area (TPSA) is 81.0 Å². The first kappa shape index (κ1) is 17.4. The van der Waals surface area contributed by atoms with Gasteiger partial charge in [0.25, 0.3) is 0 Å². The van der Waals surface area contributed by atoms with Gasteiger partial charge in [-0.25, -0.2) is 4.79 Å². The molecular formula is C20H18N4O2S2. The minimum Gasteiger partial charge on any atom is -0.325 e. The van der Waals surface area contributed by atoms with Gasteiger partial charge in [-0.3, -0.25) is 9.69 Å². The number of anilines is 1. The van der Waals surface area contributed by atoms with Crippen LogP contribution in [-0.2, 0) is 11.2 Å². The third-order valence-electron chi connectivity index (χ3n) is 5.02. The lowest BCUT2D eigenvalue weighted by molar-refractivity contribution is -0.117. The number of benzene rings is 1. The average Bonchev–Trinajstić information content (AvgIpc) is 3.40. The van der Waals surface area contributed by atoms with Crippen LogP contribution in [0.5, 0.6) is 0 Å². The Kier molecular flexibility index (Phi) is 4.38. The molecule has 0 bridgehead atoms. The predicted molar refractivity (Wildman–Crippen MR) is 113 cm³/mol. The van der Waals surface area contributed by atoms with Gasteiger partial charge >= 0.3 is 5.69 Å². The van der Waals surface area contributed by atoms with Crippen LogP contribution in [0.3, 0.4) is 0 Å². The number of aromatic nitrogens is 2. The fourth-order valence-electron chi connectivity index (χ4n) is 3.81. The first-order valence-corrected chi connectivity index (χ1v) is 10.8. The second-order valence-corrected chi connectivity index (χ2v) is 8.81. The highest BCUT2D eigenvalue weighted by Gasteiger charge is 2.31. The summed E-state index contributed by atoms with van der Waals surface area (Å²) < 4.78 is 0. The van der Waals surface area contributed by atoms with Crippen molar-refractivity contribution in [3.05, 3.63) is 73.0 Å². The van der Waals surface area contributed by atoms with Gasteiger partial charge in [0.1, 0.15) is 0 Å². The summed E-state index contributed by atoms with van der Waals surface area (Å²) >= 11 is 3.53. The number of hydrogen-bond acceptors (Lipinski definition) is 5. The van der Waals surface area contributed by atoms with Crippen LogP contribution in [-0.4, -0.2) is 33.9 Å². The van der Waals surface area contributed by atoms with Crippen LogP contribution in [0, 0.1) is 0 Å². The van der Waals surface area contributed by atoms with Gasteiger partial charge in [0.2, 0.25) is 5.91 Å². The highest BCUT2D eigenvalue weighted by Crippen LogP contribution is 2.39. The van der Waals surface area contributed by atoms with E-state index in [1.807, 2.05) is 0 Å². The number of rotatable bonds is 4. The van der Waals surface area contributed by atoms with Gasteiger partial charge in [-0.05, 0) is 53.1 Å². The maximum Gasteiger partial charge on any atom is 0.323 e. The van der Waals surface area contributed by atoms with Gasteiger partial charge in [-0.15, -0.1) is 22.7 Å². The summed E-state index contributed by atoms with van der Waals surface area (Å²) in [4.78, 5) is 34.5. The number of imidazole rings is 1. The number of nitrogens with one attached hydrogen (secondary N) is 3.